The van der Waals surface area contributed by atoms with Crippen molar-refractivity contribution in [1.82, 2.24) is 24.8 Å². The number of piperidine rings is 1. The standard InChI is InChI=1S/C30H28BrN7O.CH4/c31-22-10-8-21(9-11-22)30(39)34-19-20-6-12-23(13-7-20)38-28(24-5-4-16-33-27(24)32)35-25-14-15-26(36-29(25)38)37-17-2-1-3-18-37;/h4-16H,1-3,17-19H2,(H2,32,33)(H,34,39);1H4. The SMILES string of the molecule is C.Nc1ncccc1-c1nc2ccc(N3CCCCC3)nc2n1-c1ccc(CNC(=O)c2ccc(Br)cc2)cc1. The first-order chi connectivity index (χ1) is 19.1. The van der Waals surface area contributed by atoms with Crippen molar-refractivity contribution < 1.29 is 4.79 Å². The first kappa shape index (κ1) is 27.3. The van der Waals surface area contributed by atoms with Crippen molar-refractivity contribution in [3.05, 3.63) is 94.6 Å². The van der Waals surface area contributed by atoms with Gasteiger partial charge in [0.15, 0.2) is 11.5 Å². The van der Waals surface area contributed by atoms with Crippen LogP contribution in [0.2, 0.25) is 0 Å². The number of nitrogens with one attached hydrogen (secondary N) is 1. The molecule has 9 heteroatoms. The molecule has 0 aliphatic carbocycles. The van der Waals surface area contributed by atoms with Gasteiger partial charge >= 0.3 is 0 Å². The molecule has 1 saturated heterocycles. The summed E-state index contributed by atoms with van der Waals surface area (Å²) in [6, 6.07) is 23.2. The summed E-state index contributed by atoms with van der Waals surface area (Å²) in [6.45, 7) is 2.44. The molecule has 0 atom stereocenters. The van der Waals surface area contributed by atoms with Crippen LogP contribution in [0.3, 0.4) is 0 Å². The molecular formula is C31H32BrN7O. The fourth-order valence-corrected chi connectivity index (χ4v) is 5.19. The molecule has 2 aromatic carbocycles. The Morgan fingerprint density at radius 3 is 2.40 bits per heavy atom. The Balaban J connectivity index is 0.00000323. The summed E-state index contributed by atoms with van der Waals surface area (Å²) in [5.74, 6) is 1.95. The van der Waals surface area contributed by atoms with Gasteiger partial charge in [-0.1, -0.05) is 35.5 Å². The third-order valence-electron chi connectivity index (χ3n) is 7.00. The Hall–Kier alpha value is -4.24. The molecule has 40 heavy (non-hydrogen) atoms. The zero-order valence-electron chi connectivity index (χ0n) is 21.3. The zero-order valence-corrected chi connectivity index (χ0v) is 22.9. The summed E-state index contributed by atoms with van der Waals surface area (Å²) in [5, 5.41) is 2.99. The Labute approximate surface area is 242 Å². The minimum atomic E-state index is -0.115. The molecule has 0 radical (unpaired) electrons. The Bertz CT molecular complexity index is 1620. The van der Waals surface area contributed by atoms with E-state index in [4.69, 9.17) is 15.7 Å². The van der Waals surface area contributed by atoms with E-state index in [0.29, 0.717) is 23.8 Å². The molecule has 1 fully saturated rings. The Morgan fingerprint density at radius 2 is 1.68 bits per heavy atom. The fourth-order valence-electron chi connectivity index (χ4n) is 4.93. The van der Waals surface area contributed by atoms with E-state index in [2.05, 4.69) is 37.2 Å². The average Bonchev–Trinajstić information content (AvgIpc) is 3.36. The second-order valence-corrected chi connectivity index (χ2v) is 10.5. The fraction of sp³-hybridized carbons (Fsp3) is 0.226. The Kier molecular flexibility index (Phi) is 8.11. The first-order valence-corrected chi connectivity index (χ1v) is 13.8. The summed E-state index contributed by atoms with van der Waals surface area (Å²) in [7, 11) is 0. The van der Waals surface area contributed by atoms with E-state index < -0.39 is 0 Å². The van der Waals surface area contributed by atoms with E-state index in [1.807, 2.05) is 59.2 Å². The van der Waals surface area contributed by atoms with E-state index in [9.17, 15) is 4.79 Å². The minimum absolute atomic E-state index is 0. The number of amides is 1. The number of hydrogen-bond acceptors (Lipinski definition) is 6. The van der Waals surface area contributed by atoms with Gasteiger partial charge in [0.25, 0.3) is 5.91 Å². The number of rotatable bonds is 6. The topological polar surface area (TPSA) is 102 Å². The number of carbonyl (C=O) groups excluding carboxylic acids is 1. The minimum Gasteiger partial charge on any atom is -0.383 e. The van der Waals surface area contributed by atoms with Gasteiger partial charge in [-0.3, -0.25) is 9.36 Å². The number of nitrogens with two attached hydrogens (primary N) is 1. The summed E-state index contributed by atoms with van der Waals surface area (Å²) < 4.78 is 2.98. The monoisotopic (exact) mass is 597 g/mol. The normalized spacial score (nSPS) is 13.2. The van der Waals surface area contributed by atoms with Gasteiger partial charge in [0.1, 0.15) is 17.2 Å². The number of nitrogen functional groups attached to an aromatic ring is 1. The second kappa shape index (κ2) is 11.9. The van der Waals surface area contributed by atoms with Crippen molar-refractivity contribution in [2.24, 2.45) is 0 Å². The predicted molar refractivity (Wildman–Crippen MR) is 165 cm³/mol. The van der Waals surface area contributed by atoms with E-state index >= 15 is 0 Å². The van der Waals surface area contributed by atoms with Crippen LogP contribution in [0, 0.1) is 0 Å². The highest BCUT2D eigenvalue weighted by atomic mass is 79.9. The molecule has 3 aromatic heterocycles. The number of nitrogens with zero attached hydrogens (tertiary/aromatic N) is 5. The first-order valence-electron chi connectivity index (χ1n) is 13.1. The van der Waals surface area contributed by atoms with Crippen molar-refractivity contribution in [2.75, 3.05) is 23.7 Å². The van der Waals surface area contributed by atoms with Crippen molar-refractivity contribution in [3.63, 3.8) is 0 Å². The van der Waals surface area contributed by atoms with Gasteiger partial charge in [0.05, 0.1) is 5.56 Å². The van der Waals surface area contributed by atoms with Crippen LogP contribution < -0.4 is 16.0 Å². The number of aromatic nitrogens is 4. The van der Waals surface area contributed by atoms with Crippen LogP contribution in [-0.4, -0.2) is 38.5 Å². The lowest BCUT2D eigenvalue weighted by molar-refractivity contribution is 0.0951. The summed E-state index contributed by atoms with van der Waals surface area (Å²) in [5.41, 5.74) is 11.1. The second-order valence-electron chi connectivity index (χ2n) is 9.62. The van der Waals surface area contributed by atoms with Crippen LogP contribution in [0.15, 0.2) is 83.5 Å². The molecule has 4 heterocycles. The predicted octanol–water partition coefficient (Wildman–Crippen LogP) is 6.38. The molecule has 5 aromatic rings. The maximum absolute atomic E-state index is 12.6. The third kappa shape index (κ3) is 5.56. The molecule has 8 nitrogen and oxygen atoms in total. The van der Waals surface area contributed by atoms with Gasteiger partial charge in [-0.05, 0) is 85.5 Å². The molecule has 0 spiro atoms. The number of hydrogen-bond donors (Lipinski definition) is 2. The number of carbonyl (C=O) groups is 1. The number of fused-ring (bicyclic) bond motifs is 1. The number of benzene rings is 2. The summed E-state index contributed by atoms with van der Waals surface area (Å²) in [6.07, 6.45) is 5.29. The molecule has 0 unspecified atom stereocenters. The van der Waals surface area contributed by atoms with Crippen LogP contribution in [-0.2, 0) is 6.54 Å². The van der Waals surface area contributed by atoms with Crippen molar-refractivity contribution in [1.29, 1.82) is 0 Å². The maximum atomic E-state index is 12.6. The van der Waals surface area contributed by atoms with E-state index in [0.717, 1.165) is 51.4 Å². The van der Waals surface area contributed by atoms with Gasteiger partial charge in [-0.25, -0.2) is 15.0 Å². The number of pyridine rings is 2. The number of anilines is 2. The van der Waals surface area contributed by atoms with Gasteiger partial charge < -0.3 is 16.0 Å². The molecule has 204 valence electrons. The van der Waals surface area contributed by atoms with Gasteiger partial charge in [0.2, 0.25) is 0 Å². The molecule has 1 aliphatic rings. The van der Waals surface area contributed by atoms with Crippen molar-refractivity contribution >= 4 is 44.6 Å². The lowest BCUT2D eigenvalue weighted by Crippen LogP contribution is -2.30. The van der Waals surface area contributed by atoms with E-state index in [1.165, 1.54) is 19.3 Å². The van der Waals surface area contributed by atoms with E-state index in [-0.39, 0.29) is 13.3 Å². The molecule has 1 aliphatic heterocycles. The van der Waals surface area contributed by atoms with Crippen LogP contribution in [0.1, 0.15) is 42.6 Å². The van der Waals surface area contributed by atoms with E-state index in [1.54, 1.807) is 18.3 Å². The smallest absolute Gasteiger partial charge is 0.251 e. The largest absolute Gasteiger partial charge is 0.383 e. The molecule has 6 rings (SSSR count). The third-order valence-corrected chi connectivity index (χ3v) is 7.53. The number of halogens is 1. The quantitative estimate of drug-likeness (QED) is 0.235. The van der Waals surface area contributed by atoms with Crippen LogP contribution >= 0.6 is 15.9 Å². The van der Waals surface area contributed by atoms with Crippen LogP contribution in [0.5, 0.6) is 0 Å². The molecule has 1 amide bonds. The van der Waals surface area contributed by atoms with Gasteiger partial charge in [0, 0.05) is 41.6 Å². The molecule has 0 bridgehead atoms. The lowest BCUT2D eigenvalue weighted by Gasteiger charge is -2.27. The number of imidazole rings is 1. The average molecular weight is 599 g/mol. The molecule has 0 saturated carbocycles. The Morgan fingerprint density at radius 1 is 0.925 bits per heavy atom. The highest BCUT2D eigenvalue weighted by Crippen LogP contribution is 2.32. The van der Waals surface area contributed by atoms with Gasteiger partial charge in [-0.15, -0.1) is 0 Å². The van der Waals surface area contributed by atoms with Crippen LogP contribution in [0.4, 0.5) is 11.6 Å². The highest BCUT2D eigenvalue weighted by Gasteiger charge is 2.20. The highest BCUT2D eigenvalue weighted by molar-refractivity contribution is 9.10. The molecular weight excluding hydrogens is 566 g/mol. The van der Waals surface area contributed by atoms with Gasteiger partial charge in [-0.2, -0.15) is 0 Å². The maximum Gasteiger partial charge on any atom is 0.251 e. The lowest BCUT2D eigenvalue weighted by atomic mass is 10.1. The van der Waals surface area contributed by atoms with Crippen molar-refractivity contribution in [3.8, 4) is 17.1 Å². The summed E-state index contributed by atoms with van der Waals surface area (Å²) >= 11 is 3.40. The van der Waals surface area contributed by atoms with Crippen molar-refractivity contribution in [2.45, 2.75) is 33.2 Å². The summed E-state index contributed by atoms with van der Waals surface area (Å²) in [4.78, 5) is 29.2. The van der Waals surface area contributed by atoms with Crippen LogP contribution in [0.25, 0.3) is 28.2 Å². The molecule has 3 N–H and O–H groups in total. The zero-order chi connectivity index (χ0) is 26.8.